The summed E-state index contributed by atoms with van der Waals surface area (Å²) in [5, 5.41) is 11.2. The third-order valence-corrected chi connectivity index (χ3v) is 1.96. The van der Waals surface area contributed by atoms with E-state index in [9.17, 15) is 5.11 Å². The van der Waals surface area contributed by atoms with Crippen LogP contribution >= 0.6 is 0 Å². The number of hydrogen-bond acceptors (Lipinski definition) is 1. The Kier molecular flexibility index (Phi) is 2.53. The minimum Gasteiger partial charge on any atom is -0.872 e. The summed E-state index contributed by atoms with van der Waals surface area (Å²) in [5.74, 6) is 0.187. The van der Waals surface area contributed by atoms with E-state index in [1.54, 1.807) is 6.07 Å². The molecule has 0 aliphatic heterocycles. The predicted octanol–water partition coefficient (Wildman–Crippen LogP) is 1.89. The summed E-state index contributed by atoms with van der Waals surface area (Å²) >= 11 is 0. The molecule has 0 radical (unpaired) electrons. The van der Waals surface area contributed by atoms with Gasteiger partial charge in [-0.1, -0.05) is 37.6 Å². The highest BCUT2D eigenvalue weighted by molar-refractivity contribution is 5.38. The maximum absolute atomic E-state index is 11.2. The molecule has 0 bridgehead atoms. The zero-order valence-electron chi connectivity index (χ0n) is 7.05. The Morgan fingerprint density at radius 1 is 1.18 bits per heavy atom. The zero-order valence-corrected chi connectivity index (χ0v) is 7.05. The van der Waals surface area contributed by atoms with Crippen molar-refractivity contribution in [2.45, 2.75) is 26.7 Å². The molecule has 0 aliphatic carbocycles. The van der Waals surface area contributed by atoms with Gasteiger partial charge in [-0.25, -0.2) is 0 Å². The molecule has 0 saturated heterocycles. The minimum atomic E-state index is 0.187. The Bertz CT molecular complexity index is 241. The van der Waals surface area contributed by atoms with Crippen LogP contribution in [0.25, 0.3) is 0 Å². The molecule has 60 valence electrons. The highest BCUT2D eigenvalue weighted by Gasteiger charge is 1.96. The monoisotopic (exact) mass is 149 g/mol. The van der Waals surface area contributed by atoms with Crippen molar-refractivity contribution in [3.8, 4) is 5.75 Å². The second kappa shape index (κ2) is 3.42. The summed E-state index contributed by atoms with van der Waals surface area (Å²) < 4.78 is 0. The van der Waals surface area contributed by atoms with Gasteiger partial charge in [-0.15, -0.1) is 5.75 Å². The second-order valence-electron chi connectivity index (χ2n) is 2.60. The molecule has 0 heterocycles. The van der Waals surface area contributed by atoms with Crippen LogP contribution in [0.3, 0.4) is 0 Å². The van der Waals surface area contributed by atoms with Crippen molar-refractivity contribution >= 4 is 0 Å². The predicted molar refractivity (Wildman–Crippen MR) is 44.6 cm³/mol. The average molecular weight is 149 g/mol. The van der Waals surface area contributed by atoms with E-state index in [0.717, 1.165) is 18.4 Å². The van der Waals surface area contributed by atoms with Crippen LogP contribution in [0.4, 0.5) is 0 Å². The minimum absolute atomic E-state index is 0.187. The normalized spacial score (nSPS) is 10.0. The molecule has 0 amide bonds. The molecule has 1 heteroatoms. The summed E-state index contributed by atoms with van der Waals surface area (Å²) in [7, 11) is 0. The van der Waals surface area contributed by atoms with E-state index in [1.807, 2.05) is 19.1 Å². The van der Waals surface area contributed by atoms with Gasteiger partial charge in [-0.3, -0.25) is 0 Å². The van der Waals surface area contributed by atoms with Crippen molar-refractivity contribution in [2.75, 3.05) is 0 Å². The molecule has 0 aliphatic rings. The molecule has 0 aromatic heterocycles. The van der Waals surface area contributed by atoms with Gasteiger partial charge in [0.1, 0.15) is 0 Å². The van der Waals surface area contributed by atoms with Crippen LogP contribution in [-0.4, -0.2) is 0 Å². The first-order chi connectivity index (χ1) is 5.29. The van der Waals surface area contributed by atoms with Gasteiger partial charge in [-0.05, 0) is 18.4 Å². The van der Waals surface area contributed by atoms with Crippen molar-refractivity contribution in [2.24, 2.45) is 0 Å². The van der Waals surface area contributed by atoms with Gasteiger partial charge in [0.05, 0.1) is 0 Å². The van der Waals surface area contributed by atoms with Crippen LogP contribution in [-0.2, 0) is 12.8 Å². The Labute approximate surface area is 67.7 Å². The average Bonchev–Trinajstić information content (AvgIpc) is 2.04. The Morgan fingerprint density at radius 3 is 2.36 bits per heavy atom. The van der Waals surface area contributed by atoms with Crippen molar-refractivity contribution in [3.05, 3.63) is 29.3 Å². The van der Waals surface area contributed by atoms with Gasteiger partial charge in [-0.2, -0.15) is 0 Å². The fourth-order valence-electron chi connectivity index (χ4n) is 1.34. The Morgan fingerprint density at radius 2 is 1.91 bits per heavy atom. The van der Waals surface area contributed by atoms with Crippen LogP contribution in [0.15, 0.2) is 18.2 Å². The van der Waals surface area contributed by atoms with E-state index in [4.69, 9.17) is 0 Å². The molecule has 1 rings (SSSR count). The highest BCUT2D eigenvalue weighted by atomic mass is 16.3. The number of hydrogen-bond donors (Lipinski definition) is 0. The van der Waals surface area contributed by atoms with Crippen LogP contribution in [0.2, 0.25) is 0 Å². The molecule has 1 aromatic rings. The maximum Gasteiger partial charge on any atom is -0.0305 e. The molecule has 0 saturated carbocycles. The molecule has 0 fully saturated rings. The van der Waals surface area contributed by atoms with Crippen LogP contribution in [0, 0.1) is 0 Å². The first-order valence-corrected chi connectivity index (χ1v) is 4.07. The molecule has 0 N–H and O–H groups in total. The van der Waals surface area contributed by atoms with E-state index in [0.29, 0.717) is 0 Å². The summed E-state index contributed by atoms with van der Waals surface area (Å²) in [6.45, 7) is 4.10. The lowest BCUT2D eigenvalue weighted by Gasteiger charge is -2.15. The third-order valence-electron chi connectivity index (χ3n) is 1.96. The molecule has 11 heavy (non-hydrogen) atoms. The van der Waals surface area contributed by atoms with Crippen molar-refractivity contribution < 1.29 is 5.11 Å². The molecule has 0 unspecified atom stereocenters. The highest BCUT2D eigenvalue weighted by Crippen LogP contribution is 2.18. The fourth-order valence-corrected chi connectivity index (χ4v) is 1.34. The molecule has 0 spiro atoms. The lowest BCUT2D eigenvalue weighted by atomic mass is 10.0. The largest absolute Gasteiger partial charge is 0.872 e. The van der Waals surface area contributed by atoms with E-state index < -0.39 is 0 Å². The van der Waals surface area contributed by atoms with Gasteiger partial charge < -0.3 is 5.11 Å². The molecule has 0 atom stereocenters. The van der Waals surface area contributed by atoms with Gasteiger partial charge in [0, 0.05) is 0 Å². The maximum atomic E-state index is 11.2. The Hall–Kier alpha value is -0.980. The second-order valence-corrected chi connectivity index (χ2v) is 2.60. The van der Waals surface area contributed by atoms with Crippen molar-refractivity contribution in [1.82, 2.24) is 0 Å². The first-order valence-electron chi connectivity index (χ1n) is 4.07. The van der Waals surface area contributed by atoms with Gasteiger partial charge in [0.15, 0.2) is 0 Å². The number of benzene rings is 1. The molecule has 1 aromatic carbocycles. The van der Waals surface area contributed by atoms with E-state index in [1.165, 1.54) is 5.56 Å². The first kappa shape index (κ1) is 8.12. The third kappa shape index (κ3) is 1.53. The van der Waals surface area contributed by atoms with Gasteiger partial charge in [0.25, 0.3) is 0 Å². The van der Waals surface area contributed by atoms with Crippen molar-refractivity contribution in [1.29, 1.82) is 0 Å². The standard InChI is InChI=1S/C10H14O/c1-3-8-6-5-7-10(11)9(8)4-2/h5-7,11H,3-4H2,1-2H3/p-1. The van der Waals surface area contributed by atoms with Crippen LogP contribution in [0.5, 0.6) is 5.75 Å². The lowest BCUT2D eigenvalue weighted by Crippen LogP contribution is -1.99. The summed E-state index contributed by atoms with van der Waals surface area (Å²) in [4.78, 5) is 0. The summed E-state index contributed by atoms with van der Waals surface area (Å²) in [5.41, 5.74) is 2.18. The van der Waals surface area contributed by atoms with Crippen molar-refractivity contribution in [3.63, 3.8) is 0 Å². The zero-order chi connectivity index (χ0) is 8.27. The summed E-state index contributed by atoms with van der Waals surface area (Å²) in [6.07, 6.45) is 1.81. The lowest BCUT2D eigenvalue weighted by molar-refractivity contribution is -0.269. The van der Waals surface area contributed by atoms with Gasteiger partial charge >= 0.3 is 0 Å². The number of rotatable bonds is 2. The Balaban J connectivity index is 3.13. The smallest absolute Gasteiger partial charge is 0.0305 e. The molecular weight excluding hydrogens is 136 g/mol. The fraction of sp³-hybridized carbons (Fsp3) is 0.400. The number of aryl methyl sites for hydroxylation is 1. The molecular formula is C10H13O-. The van der Waals surface area contributed by atoms with E-state index in [2.05, 4.69) is 6.92 Å². The van der Waals surface area contributed by atoms with E-state index in [-0.39, 0.29) is 5.75 Å². The van der Waals surface area contributed by atoms with E-state index >= 15 is 0 Å². The SMILES string of the molecule is CCc1cccc([O-])c1CC. The molecule has 1 nitrogen and oxygen atoms in total. The summed E-state index contributed by atoms with van der Waals surface area (Å²) in [6, 6.07) is 5.50. The van der Waals surface area contributed by atoms with Gasteiger partial charge in [0.2, 0.25) is 0 Å². The quantitative estimate of drug-likeness (QED) is 0.629. The van der Waals surface area contributed by atoms with Crippen LogP contribution in [0.1, 0.15) is 25.0 Å². The topological polar surface area (TPSA) is 23.1 Å². The van der Waals surface area contributed by atoms with Crippen LogP contribution < -0.4 is 5.11 Å².